The summed E-state index contributed by atoms with van der Waals surface area (Å²) >= 11 is 0. The van der Waals surface area contributed by atoms with Gasteiger partial charge in [0.05, 0.1) is 13.2 Å². The SMILES string of the molecule is CCNC(=NCC(C(C)C)N1CCCC1)N1CCC2(CCOC2)C1.I. The van der Waals surface area contributed by atoms with Crippen molar-refractivity contribution in [2.75, 3.05) is 52.5 Å². The van der Waals surface area contributed by atoms with Crippen LogP contribution in [0.3, 0.4) is 0 Å². The lowest BCUT2D eigenvalue weighted by Crippen LogP contribution is -2.44. The van der Waals surface area contributed by atoms with Crippen molar-refractivity contribution in [2.45, 2.75) is 52.5 Å². The van der Waals surface area contributed by atoms with Crippen molar-refractivity contribution in [1.29, 1.82) is 0 Å². The Morgan fingerprint density at radius 1 is 1.20 bits per heavy atom. The average molecular weight is 464 g/mol. The lowest BCUT2D eigenvalue weighted by atomic mass is 9.87. The monoisotopic (exact) mass is 464 g/mol. The van der Waals surface area contributed by atoms with Gasteiger partial charge in [0.2, 0.25) is 0 Å². The van der Waals surface area contributed by atoms with E-state index in [1.807, 2.05) is 0 Å². The highest BCUT2D eigenvalue weighted by Crippen LogP contribution is 2.38. The molecule has 2 unspecified atom stereocenters. The fourth-order valence-electron chi connectivity index (χ4n) is 4.51. The zero-order valence-electron chi connectivity index (χ0n) is 16.3. The number of aliphatic imine (C=N–C) groups is 1. The predicted octanol–water partition coefficient (Wildman–Crippen LogP) is 2.80. The minimum Gasteiger partial charge on any atom is -0.381 e. The Hall–Kier alpha value is -0.0800. The summed E-state index contributed by atoms with van der Waals surface area (Å²) in [6, 6.07) is 0.576. The quantitative estimate of drug-likeness (QED) is 0.386. The molecule has 0 radical (unpaired) electrons. The van der Waals surface area contributed by atoms with Crippen molar-refractivity contribution in [1.82, 2.24) is 15.1 Å². The maximum Gasteiger partial charge on any atom is 0.193 e. The fraction of sp³-hybridized carbons (Fsp3) is 0.947. The van der Waals surface area contributed by atoms with Crippen LogP contribution in [-0.2, 0) is 4.74 Å². The second-order valence-electron chi connectivity index (χ2n) is 8.22. The molecule has 0 bridgehead atoms. The van der Waals surface area contributed by atoms with E-state index < -0.39 is 0 Å². The van der Waals surface area contributed by atoms with Gasteiger partial charge in [0.15, 0.2) is 5.96 Å². The zero-order chi connectivity index (χ0) is 17.0. The molecule has 0 aromatic carbocycles. The van der Waals surface area contributed by atoms with Gasteiger partial charge in [-0.15, -0.1) is 24.0 Å². The largest absolute Gasteiger partial charge is 0.381 e. The minimum absolute atomic E-state index is 0. The Morgan fingerprint density at radius 2 is 1.96 bits per heavy atom. The first kappa shape index (κ1) is 21.2. The summed E-state index contributed by atoms with van der Waals surface area (Å²) in [5, 5.41) is 3.53. The summed E-state index contributed by atoms with van der Waals surface area (Å²) in [7, 11) is 0. The molecule has 3 aliphatic heterocycles. The molecule has 0 aromatic rings. The number of nitrogens with zero attached hydrogens (tertiary/aromatic N) is 3. The highest BCUT2D eigenvalue weighted by Gasteiger charge is 2.42. The molecule has 0 aliphatic carbocycles. The van der Waals surface area contributed by atoms with Crippen molar-refractivity contribution in [3.63, 3.8) is 0 Å². The molecule has 2 atom stereocenters. The van der Waals surface area contributed by atoms with Crippen molar-refractivity contribution in [3.8, 4) is 0 Å². The number of ether oxygens (including phenoxy) is 1. The van der Waals surface area contributed by atoms with Gasteiger partial charge >= 0.3 is 0 Å². The van der Waals surface area contributed by atoms with Crippen LogP contribution >= 0.6 is 24.0 Å². The van der Waals surface area contributed by atoms with Crippen LogP contribution in [0.1, 0.15) is 46.5 Å². The molecule has 3 heterocycles. The fourth-order valence-corrected chi connectivity index (χ4v) is 4.51. The highest BCUT2D eigenvalue weighted by molar-refractivity contribution is 14.0. The molecule has 5 nitrogen and oxygen atoms in total. The van der Waals surface area contributed by atoms with Crippen LogP contribution in [0.2, 0.25) is 0 Å². The topological polar surface area (TPSA) is 40.1 Å². The molecule has 3 saturated heterocycles. The van der Waals surface area contributed by atoms with Crippen LogP contribution in [0.4, 0.5) is 0 Å². The molecular weight excluding hydrogens is 427 g/mol. The summed E-state index contributed by atoms with van der Waals surface area (Å²) in [6.07, 6.45) is 5.16. The van der Waals surface area contributed by atoms with Gasteiger partial charge in [0, 0.05) is 37.7 Å². The smallest absolute Gasteiger partial charge is 0.193 e. The van der Waals surface area contributed by atoms with Crippen LogP contribution in [0, 0.1) is 11.3 Å². The van der Waals surface area contributed by atoms with E-state index in [1.165, 1.54) is 38.8 Å². The average Bonchev–Trinajstić information content (AvgIpc) is 3.30. The molecule has 3 fully saturated rings. The third-order valence-electron chi connectivity index (χ3n) is 6.07. The van der Waals surface area contributed by atoms with E-state index in [0.29, 0.717) is 17.4 Å². The molecule has 146 valence electrons. The van der Waals surface area contributed by atoms with Crippen LogP contribution in [-0.4, -0.2) is 74.3 Å². The Labute approximate surface area is 171 Å². The molecule has 1 spiro atoms. The predicted molar refractivity (Wildman–Crippen MR) is 115 cm³/mol. The molecule has 6 heteroatoms. The van der Waals surface area contributed by atoms with Gasteiger partial charge in [0.1, 0.15) is 0 Å². The van der Waals surface area contributed by atoms with E-state index in [4.69, 9.17) is 9.73 Å². The maximum absolute atomic E-state index is 5.67. The second kappa shape index (κ2) is 9.74. The van der Waals surface area contributed by atoms with E-state index in [-0.39, 0.29) is 24.0 Å². The van der Waals surface area contributed by atoms with Crippen molar-refractivity contribution >= 4 is 29.9 Å². The van der Waals surface area contributed by atoms with E-state index in [1.54, 1.807) is 0 Å². The maximum atomic E-state index is 5.67. The van der Waals surface area contributed by atoms with Crippen LogP contribution in [0.25, 0.3) is 0 Å². The Balaban J connectivity index is 0.00000225. The van der Waals surface area contributed by atoms with Gasteiger partial charge in [0.25, 0.3) is 0 Å². The molecule has 0 amide bonds. The number of hydrogen-bond donors (Lipinski definition) is 1. The zero-order valence-corrected chi connectivity index (χ0v) is 18.6. The third kappa shape index (κ3) is 5.22. The molecule has 0 saturated carbocycles. The summed E-state index contributed by atoms with van der Waals surface area (Å²) in [5.74, 6) is 1.77. The van der Waals surface area contributed by atoms with E-state index in [0.717, 1.165) is 45.4 Å². The first-order valence-corrected chi connectivity index (χ1v) is 9.99. The number of likely N-dealkylation sites (tertiary alicyclic amines) is 2. The van der Waals surface area contributed by atoms with Gasteiger partial charge in [-0.2, -0.15) is 0 Å². The van der Waals surface area contributed by atoms with E-state index in [9.17, 15) is 0 Å². The summed E-state index contributed by atoms with van der Waals surface area (Å²) in [6.45, 7) is 15.3. The Morgan fingerprint density at radius 3 is 2.56 bits per heavy atom. The molecule has 3 rings (SSSR count). The molecule has 1 N–H and O–H groups in total. The Bertz CT molecular complexity index is 431. The lowest BCUT2D eigenvalue weighted by molar-refractivity contribution is 0.156. The number of halogens is 1. The van der Waals surface area contributed by atoms with Crippen molar-refractivity contribution in [2.24, 2.45) is 16.3 Å². The van der Waals surface area contributed by atoms with E-state index in [2.05, 4.69) is 35.9 Å². The highest BCUT2D eigenvalue weighted by atomic mass is 127. The van der Waals surface area contributed by atoms with Crippen LogP contribution in [0.15, 0.2) is 4.99 Å². The number of rotatable bonds is 5. The normalized spacial score (nSPS) is 28.8. The number of hydrogen-bond acceptors (Lipinski definition) is 3. The van der Waals surface area contributed by atoms with Gasteiger partial charge in [-0.1, -0.05) is 13.8 Å². The molecular formula is C19H37IN4O. The first-order valence-electron chi connectivity index (χ1n) is 9.99. The number of nitrogens with one attached hydrogen (secondary N) is 1. The van der Waals surface area contributed by atoms with Crippen LogP contribution < -0.4 is 5.32 Å². The standard InChI is InChI=1S/C19H36N4O.HI/c1-4-20-18(23-11-7-19(14-23)8-12-24-15-19)21-13-17(16(2)3)22-9-5-6-10-22;/h16-17H,4-15H2,1-3H3,(H,20,21);1H. The number of guanidine groups is 1. The molecule has 25 heavy (non-hydrogen) atoms. The lowest BCUT2D eigenvalue weighted by Gasteiger charge is -2.30. The van der Waals surface area contributed by atoms with Gasteiger partial charge in [-0.3, -0.25) is 9.89 Å². The second-order valence-corrected chi connectivity index (χ2v) is 8.22. The van der Waals surface area contributed by atoms with Crippen molar-refractivity contribution < 1.29 is 4.74 Å². The first-order chi connectivity index (χ1) is 11.6. The summed E-state index contributed by atoms with van der Waals surface area (Å²) in [4.78, 5) is 10.2. The summed E-state index contributed by atoms with van der Waals surface area (Å²) < 4.78 is 5.67. The third-order valence-corrected chi connectivity index (χ3v) is 6.07. The van der Waals surface area contributed by atoms with Gasteiger partial charge in [-0.25, -0.2) is 0 Å². The van der Waals surface area contributed by atoms with Crippen molar-refractivity contribution in [3.05, 3.63) is 0 Å². The van der Waals surface area contributed by atoms with Gasteiger partial charge in [-0.05, 0) is 51.6 Å². The van der Waals surface area contributed by atoms with E-state index >= 15 is 0 Å². The van der Waals surface area contributed by atoms with Crippen LogP contribution in [0.5, 0.6) is 0 Å². The molecule has 3 aliphatic rings. The summed E-state index contributed by atoms with van der Waals surface area (Å²) in [5.41, 5.74) is 0.391. The Kier molecular flexibility index (Phi) is 8.27. The van der Waals surface area contributed by atoms with Gasteiger partial charge < -0.3 is 15.0 Å². The molecule has 0 aromatic heterocycles. The minimum atomic E-state index is 0.